The van der Waals surface area contributed by atoms with Crippen LogP contribution >= 0.6 is 0 Å². The summed E-state index contributed by atoms with van der Waals surface area (Å²) in [6.45, 7) is 3.47. The van der Waals surface area contributed by atoms with Crippen LogP contribution in [0.4, 0.5) is 0 Å². The van der Waals surface area contributed by atoms with Gasteiger partial charge in [0.2, 0.25) is 0 Å². The van der Waals surface area contributed by atoms with Crippen LogP contribution in [0.1, 0.15) is 33.1 Å². The average Bonchev–Trinajstić information content (AvgIpc) is 3.32. The molecule has 0 spiro atoms. The zero-order chi connectivity index (χ0) is 21.1. The van der Waals surface area contributed by atoms with Crippen molar-refractivity contribution in [2.24, 2.45) is 0 Å². The summed E-state index contributed by atoms with van der Waals surface area (Å²) in [7, 11) is 3.77. The maximum atomic E-state index is 13.3. The first-order chi connectivity index (χ1) is 14.5. The van der Waals surface area contributed by atoms with Gasteiger partial charge >= 0.3 is 0 Å². The molecule has 1 aromatic carbocycles. The summed E-state index contributed by atoms with van der Waals surface area (Å²) in [4.78, 5) is 21.7. The highest BCUT2D eigenvalue weighted by Gasteiger charge is 2.23. The molecule has 0 atom stereocenters. The second kappa shape index (κ2) is 8.46. The summed E-state index contributed by atoms with van der Waals surface area (Å²) in [6, 6.07) is 15.7. The fourth-order valence-corrected chi connectivity index (χ4v) is 3.44. The van der Waals surface area contributed by atoms with Gasteiger partial charge in [0, 0.05) is 32.9 Å². The third-order valence-electron chi connectivity index (χ3n) is 5.03. The Kier molecular flexibility index (Phi) is 5.58. The number of nitrogens with zero attached hydrogens (tertiary/aromatic N) is 6. The predicted molar refractivity (Wildman–Crippen MR) is 112 cm³/mol. The third-order valence-corrected chi connectivity index (χ3v) is 5.03. The van der Waals surface area contributed by atoms with Crippen LogP contribution in [0, 0.1) is 6.92 Å². The molecule has 30 heavy (non-hydrogen) atoms. The van der Waals surface area contributed by atoms with E-state index < -0.39 is 0 Å². The molecule has 0 unspecified atom stereocenters. The topological polar surface area (TPSA) is 79.8 Å². The number of imidazole rings is 1. The summed E-state index contributed by atoms with van der Waals surface area (Å²) < 4.78 is 6.76. The Morgan fingerprint density at radius 2 is 1.77 bits per heavy atom. The van der Waals surface area contributed by atoms with Crippen LogP contribution in [0.5, 0.6) is 0 Å². The first-order valence-electron chi connectivity index (χ1n) is 9.75. The molecule has 4 aromatic rings. The molecule has 0 bridgehead atoms. The maximum Gasteiger partial charge on any atom is 0.274 e. The Bertz CT molecular complexity index is 1150. The van der Waals surface area contributed by atoms with Crippen LogP contribution < -0.4 is 0 Å². The molecule has 154 valence electrons. The fourth-order valence-electron chi connectivity index (χ4n) is 3.44. The average molecular weight is 404 g/mol. The minimum atomic E-state index is -0.106. The van der Waals surface area contributed by atoms with Gasteiger partial charge in [-0.2, -0.15) is 0 Å². The minimum Gasteiger partial charge on any atom is -0.336 e. The van der Waals surface area contributed by atoms with E-state index in [4.69, 9.17) is 4.63 Å². The number of amides is 1. The molecule has 3 aromatic heterocycles. The van der Waals surface area contributed by atoms with E-state index in [0.717, 1.165) is 28.3 Å². The number of carbonyl (C=O) groups excluding carboxylic acids is 1. The Morgan fingerprint density at radius 3 is 2.50 bits per heavy atom. The summed E-state index contributed by atoms with van der Waals surface area (Å²) in [5.41, 5.74) is 4.66. The first kappa shape index (κ1) is 19.8. The van der Waals surface area contributed by atoms with Gasteiger partial charge in [-0.25, -0.2) is 9.61 Å². The van der Waals surface area contributed by atoms with E-state index in [1.807, 2.05) is 73.1 Å². The molecule has 0 fully saturated rings. The molecule has 0 aliphatic heterocycles. The molecular weight excluding hydrogens is 380 g/mol. The lowest BCUT2D eigenvalue weighted by Crippen LogP contribution is -2.29. The molecule has 8 heteroatoms. The molecule has 0 radical (unpaired) electrons. The lowest BCUT2D eigenvalue weighted by molar-refractivity contribution is 0.0777. The van der Waals surface area contributed by atoms with Crippen LogP contribution in [-0.2, 0) is 19.6 Å². The maximum absolute atomic E-state index is 13.3. The zero-order valence-electron chi connectivity index (χ0n) is 17.3. The zero-order valence-corrected chi connectivity index (χ0v) is 17.3. The van der Waals surface area contributed by atoms with Crippen molar-refractivity contribution in [1.82, 2.24) is 29.5 Å². The van der Waals surface area contributed by atoms with Crippen molar-refractivity contribution in [3.63, 3.8) is 0 Å². The van der Waals surface area contributed by atoms with Gasteiger partial charge in [0.1, 0.15) is 17.0 Å². The second-order valence-electron chi connectivity index (χ2n) is 7.45. The van der Waals surface area contributed by atoms with E-state index in [2.05, 4.69) is 20.2 Å². The standard InChI is InChI=1S/C22H24N6O2/c1-16-18(25-30-24-16)14-26(2)15-19-21(23-20-11-7-8-12-28(19)20)22(29)27(3)13-17-9-5-4-6-10-17/h4-12H,13-15H2,1-3H3. The number of hydrogen-bond acceptors (Lipinski definition) is 6. The first-order valence-corrected chi connectivity index (χ1v) is 9.75. The molecule has 0 N–H and O–H groups in total. The van der Waals surface area contributed by atoms with Crippen molar-refractivity contribution in [1.29, 1.82) is 0 Å². The van der Waals surface area contributed by atoms with Crippen LogP contribution in [0.2, 0.25) is 0 Å². The smallest absolute Gasteiger partial charge is 0.274 e. The minimum absolute atomic E-state index is 0.106. The van der Waals surface area contributed by atoms with Gasteiger partial charge in [-0.05, 0) is 31.7 Å². The van der Waals surface area contributed by atoms with Gasteiger partial charge in [0.25, 0.3) is 5.91 Å². The molecule has 1 amide bonds. The van der Waals surface area contributed by atoms with Crippen molar-refractivity contribution in [3.8, 4) is 0 Å². The van der Waals surface area contributed by atoms with Gasteiger partial charge in [0.05, 0.1) is 5.69 Å². The molecule has 0 aliphatic rings. The van der Waals surface area contributed by atoms with E-state index in [-0.39, 0.29) is 5.91 Å². The van der Waals surface area contributed by atoms with Gasteiger partial charge in [-0.3, -0.25) is 9.69 Å². The number of fused-ring (bicyclic) bond motifs is 1. The molecule has 0 saturated heterocycles. The molecule has 3 heterocycles. The van der Waals surface area contributed by atoms with E-state index >= 15 is 0 Å². The van der Waals surface area contributed by atoms with Crippen molar-refractivity contribution >= 4 is 11.6 Å². The summed E-state index contributed by atoms with van der Waals surface area (Å²) in [5.74, 6) is -0.106. The summed E-state index contributed by atoms with van der Waals surface area (Å²) in [5, 5.41) is 7.79. The van der Waals surface area contributed by atoms with E-state index in [1.165, 1.54) is 0 Å². The largest absolute Gasteiger partial charge is 0.336 e. The van der Waals surface area contributed by atoms with Gasteiger partial charge < -0.3 is 9.30 Å². The lowest BCUT2D eigenvalue weighted by atomic mass is 10.2. The van der Waals surface area contributed by atoms with Crippen molar-refractivity contribution < 1.29 is 9.42 Å². The van der Waals surface area contributed by atoms with Gasteiger partial charge in [-0.15, -0.1) is 0 Å². The van der Waals surface area contributed by atoms with Gasteiger partial charge in [0.15, 0.2) is 5.69 Å². The third kappa shape index (κ3) is 4.08. The van der Waals surface area contributed by atoms with Crippen LogP contribution in [0.3, 0.4) is 0 Å². The Morgan fingerprint density at radius 1 is 1.00 bits per heavy atom. The SMILES string of the molecule is Cc1nonc1CN(C)Cc1c(C(=O)N(C)Cc2ccccc2)nc2ccccn12. The Hall–Kier alpha value is -3.52. The van der Waals surface area contributed by atoms with Crippen LogP contribution in [0.25, 0.3) is 5.65 Å². The highest BCUT2D eigenvalue weighted by molar-refractivity contribution is 5.94. The molecule has 0 aliphatic carbocycles. The Balaban J connectivity index is 1.61. The fraction of sp³-hybridized carbons (Fsp3) is 0.273. The molecule has 0 saturated carbocycles. The van der Waals surface area contributed by atoms with E-state index in [1.54, 1.807) is 11.9 Å². The summed E-state index contributed by atoms with van der Waals surface area (Å²) in [6.07, 6.45) is 1.93. The van der Waals surface area contributed by atoms with E-state index in [9.17, 15) is 4.79 Å². The second-order valence-corrected chi connectivity index (χ2v) is 7.45. The van der Waals surface area contributed by atoms with Crippen LogP contribution in [-0.4, -0.2) is 49.5 Å². The number of benzene rings is 1. The normalized spacial score (nSPS) is 11.3. The predicted octanol–water partition coefficient (Wildman–Crippen LogP) is 2.93. The quantitative estimate of drug-likeness (QED) is 0.471. The number of hydrogen-bond donors (Lipinski definition) is 0. The molecule has 8 nitrogen and oxygen atoms in total. The number of rotatable bonds is 7. The summed E-state index contributed by atoms with van der Waals surface area (Å²) >= 11 is 0. The van der Waals surface area contributed by atoms with E-state index in [0.29, 0.717) is 25.3 Å². The number of carbonyl (C=O) groups is 1. The highest BCUT2D eigenvalue weighted by atomic mass is 16.6. The number of pyridine rings is 1. The van der Waals surface area contributed by atoms with Crippen molar-refractivity contribution in [2.75, 3.05) is 14.1 Å². The van der Waals surface area contributed by atoms with Crippen molar-refractivity contribution in [2.45, 2.75) is 26.6 Å². The van der Waals surface area contributed by atoms with Crippen LogP contribution in [0.15, 0.2) is 59.4 Å². The number of aryl methyl sites for hydroxylation is 1. The number of aromatic nitrogens is 4. The lowest BCUT2D eigenvalue weighted by Gasteiger charge is -2.19. The molecular formula is C22H24N6O2. The monoisotopic (exact) mass is 404 g/mol. The highest BCUT2D eigenvalue weighted by Crippen LogP contribution is 2.18. The van der Waals surface area contributed by atoms with Crippen molar-refractivity contribution in [3.05, 3.63) is 83.1 Å². The Labute approximate surface area is 174 Å². The molecule has 4 rings (SSSR count). The van der Waals surface area contributed by atoms with Gasteiger partial charge in [-0.1, -0.05) is 46.7 Å².